The molecule has 3 nitrogen and oxygen atoms in total. The lowest BCUT2D eigenvalue weighted by Crippen LogP contribution is -2.55. The Balaban J connectivity index is 1.13. The number of hydrogen-bond acceptors (Lipinski definition) is 1. The van der Waals surface area contributed by atoms with Crippen molar-refractivity contribution >= 4 is 21.7 Å². The summed E-state index contributed by atoms with van der Waals surface area (Å²) in [6, 6.07) is 8.40. The van der Waals surface area contributed by atoms with Gasteiger partial charge in [0.25, 0.3) is 0 Å². The predicted molar refractivity (Wildman–Crippen MR) is 173 cm³/mol. The van der Waals surface area contributed by atoms with Gasteiger partial charge in [-0.1, -0.05) is 81.9 Å². The first kappa shape index (κ1) is 29.3. The fraction of sp³-hybridized carbons (Fsp3) is 0.737. The van der Waals surface area contributed by atoms with E-state index in [9.17, 15) is 4.79 Å². The van der Waals surface area contributed by atoms with Gasteiger partial charge < -0.3 is 0 Å². The minimum atomic E-state index is 0.179. The molecular weight excluding hydrogens is 580 g/mol. The fourth-order valence-corrected chi connectivity index (χ4v) is 12.7. The second kappa shape index (κ2) is 10.6. The molecule has 4 heteroatoms. The van der Waals surface area contributed by atoms with Gasteiger partial charge in [0.15, 0.2) is 6.54 Å². The van der Waals surface area contributed by atoms with E-state index in [1.54, 1.807) is 0 Å². The number of halogens is 1. The fourth-order valence-electron chi connectivity index (χ4n) is 12.3. The number of fused-ring (bicyclic) bond motifs is 4. The molecule has 7 rings (SSSR count). The number of rotatable bonds is 9. The van der Waals surface area contributed by atoms with Crippen LogP contribution in [0.15, 0.2) is 47.5 Å². The summed E-state index contributed by atoms with van der Waals surface area (Å²) >= 11 is 3.53. The third-order valence-corrected chi connectivity index (χ3v) is 14.8. The third kappa shape index (κ3) is 4.46. The van der Waals surface area contributed by atoms with Crippen molar-refractivity contribution < 1.29 is 9.36 Å². The summed E-state index contributed by atoms with van der Waals surface area (Å²) in [6.45, 7) is 13.2. The van der Waals surface area contributed by atoms with E-state index in [0.717, 1.165) is 51.5 Å². The Hall–Kier alpha value is -1.42. The molecule has 1 aromatic carbocycles. The predicted octanol–water partition coefficient (Wildman–Crippen LogP) is 9.69. The monoisotopic (exact) mass is 633 g/mol. The van der Waals surface area contributed by atoms with Crippen molar-refractivity contribution in [1.82, 2.24) is 4.57 Å². The van der Waals surface area contributed by atoms with Crippen LogP contribution in [0.1, 0.15) is 122 Å². The van der Waals surface area contributed by atoms with Crippen molar-refractivity contribution in [3.8, 4) is 0 Å². The van der Waals surface area contributed by atoms with Crippen LogP contribution in [-0.2, 0) is 6.54 Å². The highest BCUT2D eigenvalue weighted by molar-refractivity contribution is 9.10. The Morgan fingerprint density at radius 1 is 1.07 bits per heavy atom. The minimum absolute atomic E-state index is 0.179. The summed E-state index contributed by atoms with van der Waals surface area (Å²) in [7, 11) is 0. The molecule has 5 saturated carbocycles. The highest BCUT2D eigenvalue weighted by atomic mass is 79.9. The van der Waals surface area contributed by atoms with Crippen LogP contribution in [0.3, 0.4) is 0 Å². The molecule has 5 fully saturated rings. The number of ketones is 1. The first-order valence-electron chi connectivity index (χ1n) is 17.4. The molecule has 0 N–H and O–H groups in total. The lowest BCUT2D eigenvalue weighted by atomic mass is 9.44. The van der Waals surface area contributed by atoms with Gasteiger partial charge in [-0.2, -0.15) is 0 Å². The number of carbonyl (C=O) groups is 1. The first-order valence-corrected chi connectivity index (χ1v) is 18.2. The van der Waals surface area contributed by atoms with Crippen LogP contribution >= 0.6 is 15.9 Å². The minimum Gasteiger partial charge on any atom is -0.290 e. The van der Waals surface area contributed by atoms with E-state index in [1.807, 2.05) is 24.3 Å². The average molecular weight is 635 g/mol. The number of hydrogen-bond donors (Lipinski definition) is 0. The molecule has 1 aromatic heterocycles. The quantitative estimate of drug-likeness (QED) is 0.199. The molecule has 0 bridgehead atoms. The topological polar surface area (TPSA) is 25.9 Å². The lowest BCUT2D eigenvalue weighted by molar-refractivity contribution is -0.682. The van der Waals surface area contributed by atoms with Crippen molar-refractivity contribution in [2.45, 2.75) is 118 Å². The maximum atomic E-state index is 13.1. The Bertz CT molecular complexity index is 1330. The normalized spacial score (nSPS) is 40.7. The van der Waals surface area contributed by atoms with E-state index in [1.165, 1.54) is 70.6 Å². The second-order valence-electron chi connectivity index (χ2n) is 16.5. The lowest BCUT2D eigenvalue weighted by Gasteiger charge is -2.60. The zero-order valence-electron chi connectivity index (χ0n) is 26.8. The summed E-state index contributed by atoms with van der Waals surface area (Å²) < 4.78 is 5.69. The van der Waals surface area contributed by atoms with Crippen LogP contribution in [0.25, 0.3) is 0 Å². The smallest absolute Gasteiger partial charge is 0.244 e. The van der Waals surface area contributed by atoms with Gasteiger partial charge in [0.05, 0.1) is 0 Å². The number of benzene rings is 1. The van der Waals surface area contributed by atoms with Crippen molar-refractivity contribution in [1.29, 1.82) is 0 Å². The van der Waals surface area contributed by atoms with Gasteiger partial charge in [-0.05, 0) is 116 Å². The maximum Gasteiger partial charge on any atom is 0.244 e. The number of Topliss-reactive ketones (excluding diaryl/α,β-unsaturated/α-hetero) is 1. The number of aromatic nitrogens is 2. The van der Waals surface area contributed by atoms with Crippen molar-refractivity contribution in [2.75, 3.05) is 0 Å². The first-order chi connectivity index (χ1) is 20.1. The Morgan fingerprint density at radius 3 is 2.67 bits per heavy atom. The van der Waals surface area contributed by atoms with Gasteiger partial charge in [0.1, 0.15) is 18.4 Å². The Labute approximate surface area is 263 Å². The Morgan fingerprint density at radius 2 is 1.90 bits per heavy atom. The SMILES string of the molecule is CC(C)CCC[C@@H](C)[C@H]1CC[C@H]2[C@@H]3C[C@H](n4cc[n+](CC(=O)c5cccc(Br)c5)c4)[C@]45C[C@H]4CC[C@]5(C)[C@H]3CC[C@]12C. The molecule has 1 spiro atoms. The van der Waals surface area contributed by atoms with Gasteiger partial charge >= 0.3 is 0 Å². The number of imidazole rings is 1. The zero-order chi connectivity index (χ0) is 29.4. The van der Waals surface area contributed by atoms with E-state index in [4.69, 9.17) is 0 Å². The van der Waals surface area contributed by atoms with E-state index in [-0.39, 0.29) is 5.78 Å². The van der Waals surface area contributed by atoms with Gasteiger partial charge in [-0.25, -0.2) is 9.13 Å². The van der Waals surface area contributed by atoms with Crippen LogP contribution in [-0.4, -0.2) is 10.4 Å². The average Bonchev–Trinajstić information content (AvgIpc) is 3.18. The highest BCUT2D eigenvalue weighted by Gasteiger charge is 2.78. The molecule has 5 aliphatic carbocycles. The summed E-state index contributed by atoms with van der Waals surface area (Å²) in [6.07, 6.45) is 22.5. The highest BCUT2D eigenvalue weighted by Crippen LogP contribution is 2.84. The van der Waals surface area contributed by atoms with Crippen LogP contribution in [0.5, 0.6) is 0 Å². The van der Waals surface area contributed by atoms with Crippen molar-refractivity contribution in [3.63, 3.8) is 0 Å². The van der Waals surface area contributed by atoms with E-state index < -0.39 is 0 Å². The van der Waals surface area contributed by atoms with Gasteiger partial charge in [0, 0.05) is 15.5 Å². The number of nitrogens with zero attached hydrogens (tertiary/aromatic N) is 2. The Kier molecular flexibility index (Phi) is 7.39. The molecule has 0 unspecified atom stereocenters. The molecule has 10 atom stereocenters. The molecule has 0 aliphatic heterocycles. The number of carbonyl (C=O) groups excluding carboxylic acids is 1. The van der Waals surface area contributed by atoms with Crippen LogP contribution in [0.2, 0.25) is 0 Å². The van der Waals surface area contributed by atoms with Crippen LogP contribution in [0.4, 0.5) is 0 Å². The standard InChI is InChI=1S/C38H54BrN2O/c1-25(2)8-6-9-26(3)31-12-13-32-30-21-35(38-22-28(38)14-17-37(38,5)33(30)15-16-36(31,32)4)41-19-18-40(24-41)23-34(42)27-10-7-11-29(39)20-27/h7,10-11,18-20,24-26,28,30-33,35H,6,8-9,12-17,21-23H2,1-5H3/q+1/t26-,28-,30+,31-,32+,33+,35+,36-,37-,38+/m1/s1. The largest absolute Gasteiger partial charge is 0.290 e. The van der Waals surface area contributed by atoms with Gasteiger partial charge in [-0.3, -0.25) is 4.79 Å². The van der Waals surface area contributed by atoms with Crippen LogP contribution in [0, 0.1) is 57.7 Å². The molecule has 1 heterocycles. The van der Waals surface area contributed by atoms with E-state index in [2.05, 4.69) is 78.4 Å². The summed E-state index contributed by atoms with van der Waals surface area (Å²) in [5.74, 6) is 6.36. The summed E-state index contributed by atoms with van der Waals surface area (Å²) in [5.41, 5.74) is 2.27. The van der Waals surface area contributed by atoms with Gasteiger partial charge in [-0.15, -0.1) is 0 Å². The molecule has 0 amide bonds. The molecule has 0 radical (unpaired) electrons. The van der Waals surface area contributed by atoms with Crippen LogP contribution < -0.4 is 4.57 Å². The maximum absolute atomic E-state index is 13.1. The second-order valence-corrected chi connectivity index (χ2v) is 17.4. The molecule has 5 aliphatic rings. The molecular formula is C38H54BrN2O+. The molecule has 0 saturated heterocycles. The van der Waals surface area contributed by atoms with E-state index >= 15 is 0 Å². The third-order valence-electron chi connectivity index (χ3n) is 14.3. The summed E-state index contributed by atoms with van der Waals surface area (Å²) in [5, 5.41) is 0. The van der Waals surface area contributed by atoms with Gasteiger partial charge in [0.2, 0.25) is 12.1 Å². The van der Waals surface area contributed by atoms with Crippen molar-refractivity contribution in [2.24, 2.45) is 57.7 Å². The van der Waals surface area contributed by atoms with E-state index in [0.29, 0.717) is 28.8 Å². The van der Waals surface area contributed by atoms with Crippen molar-refractivity contribution in [3.05, 3.63) is 53.0 Å². The molecule has 42 heavy (non-hydrogen) atoms. The zero-order valence-corrected chi connectivity index (χ0v) is 28.4. The molecule has 228 valence electrons. The molecule has 2 aromatic rings. The summed E-state index contributed by atoms with van der Waals surface area (Å²) in [4.78, 5) is 13.1.